The molecule has 0 aliphatic heterocycles. The van der Waals surface area contributed by atoms with E-state index in [1.165, 1.54) is 11.3 Å². The van der Waals surface area contributed by atoms with Gasteiger partial charge in [-0.2, -0.15) is 0 Å². The Morgan fingerprint density at radius 2 is 1.47 bits per heavy atom. The monoisotopic (exact) mass is 239 g/mol. The molecule has 0 amide bonds. The van der Waals surface area contributed by atoms with Crippen molar-refractivity contribution in [1.29, 1.82) is 0 Å². The van der Waals surface area contributed by atoms with E-state index in [0.29, 0.717) is 6.04 Å². The summed E-state index contributed by atoms with van der Waals surface area (Å²) in [6.45, 7) is 2.26. The molecule has 2 aromatic carbocycles. The lowest BCUT2D eigenvalue weighted by Crippen LogP contribution is -2.25. The summed E-state index contributed by atoms with van der Waals surface area (Å²) >= 11 is 1.04. The summed E-state index contributed by atoms with van der Waals surface area (Å²) in [7, 11) is 0. The van der Waals surface area contributed by atoms with E-state index in [4.69, 9.17) is 0 Å². The van der Waals surface area contributed by atoms with Crippen LogP contribution in [0.15, 0.2) is 60.7 Å². The summed E-state index contributed by atoms with van der Waals surface area (Å²) in [5.74, 6) is 0. The van der Waals surface area contributed by atoms with E-state index >= 15 is 0 Å². The van der Waals surface area contributed by atoms with Gasteiger partial charge in [-0.3, -0.25) is 0 Å². The maximum absolute atomic E-state index is 2.48. The highest BCUT2D eigenvalue weighted by Gasteiger charge is 2.13. The van der Waals surface area contributed by atoms with Crippen molar-refractivity contribution in [1.82, 2.24) is 0 Å². The van der Waals surface area contributed by atoms with E-state index in [0.717, 1.165) is 22.9 Å². The summed E-state index contributed by atoms with van der Waals surface area (Å²) in [6, 6.07) is 22.0. The molecule has 0 aliphatic carbocycles. The Morgan fingerprint density at radius 1 is 0.941 bits per heavy atom. The lowest BCUT2D eigenvalue weighted by atomic mass is 10.0. The first-order valence-electron chi connectivity index (χ1n) is 6.15. The molecule has 1 nitrogen and oxygen atoms in total. The number of hydrogen-bond acceptors (Lipinski definition) is 1. The average molecular weight is 239 g/mol. The highest BCUT2D eigenvalue weighted by Crippen LogP contribution is 2.27. The molecule has 0 N–H and O–H groups in total. The van der Waals surface area contributed by atoms with Gasteiger partial charge >= 0.3 is 16.5 Å². The van der Waals surface area contributed by atoms with E-state index in [2.05, 4.69) is 71.5 Å². The van der Waals surface area contributed by atoms with Crippen LogP contribution in [0.25, 0.3) is 0 Å². The van der Waals surface area contributed by atoms with E-state index < -0.39 is 0 Å². The van der Waals surface area contributed by atoms with Crippen LogP contribution >= 0.6 is 0 Å². The van der Waals surface area contributed by atoms with Gasteiger partial charge in [-0.25, -0.2) is 0 Å². The number of rotatable bonds is 4. The average Bonchev–Trinajstić information content (AvgIpc) is 2.42. The topological polar surface area (TPSA) is 3.24 Å². The Labute approximate surface area is 112 Å². The molecule has 2 heteroatoms. The van der Waals surface area contributed by atoms with Crippen LogP contribution in [0.5, 0.6) is 0 Å². The van der Waals surface area contributed by atoms with Crippen LogP contribution < -0.4 is 3.88 Å². The fourth-order valence-corrected chi connectivity index (χ4v) is 3.21. The van der Waals surface area contributed by atoms with Crippen molar-refractivity contribution in [2.75, 3.05) is 3.88 Å². The van der Waals surface area contributed by atoms with E-state index in [1.54, 1.807) is 0 Å². The van der Waals surface area contributed by atoms with Gasteiger partial charge < -0.3 is 3.88 Å². The lowest BCUT2D eigenvalue weighted by molar-refractivity contribution is 0.699. The van der Waals surface area contributed by atoms with Gasteiger partial charge in [0.25, 0.3) is 0 Å². The predicted octanol–water partition coefficient (Wildman–Crippen LogP) is 3.19. The molecule has 17 heavy (non-hydrogen) atoms. The van der Waals surface area contributed by atoms with Crippen LogP contribution in [0.1, 0.15) is 24.9 Å². The van der Waals surface area contributed by atoms with Crippen molar-refractivity contribution < 1.29 is 0 Å². The van der Waals surface area contributed by atoms with Crippen LogP contribution in [-0.4, -0.2) is 16.5 Å². The second kappa shape index (κ2) is 5.91. The van der Waals surface area contributed by atoms with Crippen LogP contribution in [0, 0.1) is 0 Å². The minimum Gasteiger partial charge on any atom is -0.463 e. The first-order chi connectivity index (χ1) is 8.33. The fourth-order valence-electron chi connectivity index (χ4n) is 2.25. The van der Waals surface area contributed by atoms with E-state index in [-0.39, 0.29) is 0 Å². The number of nitrogens with zero attached hydrogens (tertiary/aromatic N) is 1. The summed E-state index contributed by atoms with van der Waals surface area (Å²) in [6.07, 6.45) is 1.14. The zero-order valence-corrected chi connectivity index (χ0v) is 12.5. The quantitative estimate of drug-likeness (QED) is 0.741. The van der Waals surface area contributed by atoms with Crippen molar-refractivity contribution in [3.63, 3.8) is 0 Å². The summed E-state index contributed by atoms with van der Waals surface area (Å²) in [5.41, 5.74) is 2.74. The van der Waals surface area contributed by atoms with Crippen molar-refractivity contribution in [3.8, 4) is 0 Å². The SMILES string of the molecule is CCC(c1ccccc1)[N]([AlH2])c1ccccc1. The molecule has 0 aliphatic rings. The van der Waals surface area contributed by atoms with Gasteiger partial charge in [0, 0.05) is 11.7 Å². The van der Waals surface area contributed by atoms with Crippen LogP contribution in [0.2, 0.25) is 0 Å². The minimum absolute atomic E-state index is 0.505. The summed E-state index contributed by atoms with van der Waals surface area (Å²) < 4.78 is 2.48. The predicted molar refractivity (Wildman–Crippen MR) is 76.9 cm³/mol. The smallest absolute Gasteiger partial charge is 0.364 e. The second-order valence-electron chi connectivity index (χ2n) is 4.28. The first-order valence-corrected chi connectivity index (χ1v) is 7.05. The highest BCUT2D eigenvalue weighted by atomic mass is 27.1. The Balaban J connectivity index is 2.25. The molecule has 0 saturated carbocycles. The molecule has 0 heterocycles. The molecule has 0 radical (unpaired) electrons. The van der Waals surface area contributed by atoms with Crippen LogP contribution in [0.4, 0.5) is 5.69 Å². The Hall–Kier alpha value is -1.23. The third-order valence-electron chi connectivity index (χ3n) is 3.20. The largest absolute Gasteiger partial charge is 0.463 e. The van der Waals surface area contributed by atoms with Crippen LogP contribution in [0.3, 0.4) is 0 Å². The third-order valence-corrected chi connectivity index (χ3v) is 4.34. The molecular weight excluding hydrogens is 221 g/mol. The molecule has 0 spiro atoms. The Bertz CT molecular complexity index is 441. The fraction of sp³-hybridized carbons (Fsp3) is 0.200. The normalized spacial score (nSPS) is 12.1. The Kier molecular flexibility index (Phi) is 4.25. The first kappa shape index (κ1) is 12.2. The molecular formula is C15H18AlN. The van der Waals surface area contributed by atoms with Gasteiger partial charge in [0.2, 0.25) is 0 Å². The van der Waals surface area contributed by atoms with E-state index in [1.807, 2.05) is 0 Å². The van der Waals surface area contributed by atoms with Crippen LogP contribution in [-0.2, 0) is 0 Å². The number of para-hydroxylation sites is 1. The highest BCUT2D eigenvalue weighted by molar-refractivity contribution is 6.18. The van der Waals surface area contributed by atoms with Crippen molar-refractivity contribution in [2.24, 2.45) is 0 Å². The van der Waals surface area contributed by atoms with Crippen molar-refractivity contribution in [2.45, 2.75) is 19.4 Å². The maximum atomic E-state index is 2.48. The molecule has 0 fully saturated rings. The molecule has 2 aromatic rings. The van der Waals surface area contributed by atoms with Gasteiger partial charge in [-0.05, 0) is 24.1 Å². The molecule has 1 unspecified atom stereocenters. The molecule has 0 bridgehead atoms. The Morgan fingerprint density at radius 3 is 2.00 bits per heavy atom. The molecule has 86 valence electrons. The molecule has 1 atom stereocenters. The van der Waals surface area contributed by atoms with Crippen molar-refractivity contribution >= 4 is 22.2 Å². The third kappa shape index (κ3) is 2.91. The van der Waals surface area contributed by atoms with Gasteiger partial charge in [-0.1, -0.05) is 55.5 Å². The van der Waals surface area contributed by atoms with Gasteiger partial charge in [0.05, 0.1) is 0 Å². The standard InChI is InChI=1S/C15H16N.Al.2H/c1-2-15(13-9-5-3-6-10-13)16-14-11-7-4-8-12-14;;;/h3-12,15H,2H2,1H3;;;/q-1;+1;;. The minimum atomic E-state index is 0.505. The lowest BCUT2D eigenvalue weighted by Gasteiger charge is -2.31. The maximum Gasteiger partial charge on any atom is 0.364 e. The summed E-state index contributed by atoms with van der Waals surface area (Å²) in [5, 5.41) is 0. The number of anilines is 1. The van der Waals surface area contributed by atoms with Gasteiger partial charge in [0.15, 0.2) is 0 Å². The molecule has 0 aromatic heterocycles. The zero-order chi connectivity index (χ0) is 12.1. The zero-order valence-electron chi connectivity index (χ0n) is 10.5. The molecule has 2 rings (SSSR count). The molecule has 0 saturated heterocycles. The summed E-state index contributed by atoms with van der Waals surface area (Å²) in [4.78, 5) is 0. The van der Waals surface area contributed by atoms with Crippen molar-refractivity contribution in [3.05, 3.63) is 66.2 Å². The van der Waals surface area contributed by atoms with Gasteiger partial charge in [-0.15, -0.1) is 0 Å². The van der Waals surface area contributed by atoms with Gasteiger partial charge in [0.1, 0.15) is 0 Å². The van der Waals surface area contributed by atoms with E-state index in [9.17, 15) is 0 Å². The number of hydrogen-bond donors (Lipinski definition) is 0. The number of benzene rings is 2. The second-order valence-corrected chi connectivity index (χ2v) is 5.24.